The number of carbonyl (C=O) groups is 1. The molecule has 0 radical (unpaired) electrons. The number of carbonyl (C=O) groups excluding carboxylic acids is 1. The lowest BCUT2D eigenvalue weighted by Gasteiger charge is -2.26. The van der Waals surface area contributed by atoms with Crippen molar-refractivity contribution >= 4 is 28.3 Å². The molecule has 0 aliphatic carbocycles. The van der Waals surface area contributed by atoms with Crippen LogP contribution in [0.1, 0.15) is 46.1 Å². The van der Waals surface area contributed by atoms with Crippen LogP contribution in [0.15, 0.2) is 77.6 Å². The van der Waals surface area contributed by atoms with Crippen LogP contribution in [0.4, 0.5) is 0 Å². The lowest BCUT2D eigenvalue weighted by Crippen LogP contribution is -2.39. The first-order valence-corrected chi connectivity index (χ1v) is 12.0. The number of hydrogen-bond acceptors (Lipinski definition) is 4. The number of fused-ring (bicyclic) bond motifs is 1. The molecule has 1 aliphatic rings. The molecule has 2 heterocycles. The Bertz CT molecular complexity index is 1390. The second kappa shape index (κ2) is 9.53. The molecule has 1 aliphatic heterocycles. The third-order valence-corrected chi connectivity index (χ3v) is 6.76. The first-order chi connectivity index (χ1) is 16.5. The minimum atomic E-state index is -0.593. The van der Waals surface area contributed by atoms with Crippen molar-refractivity contribution < 1.29 is 4.79 Å². The molecule has 0 bridgehead atoms. The first kappa shape index (κ1) is 22.5. The van der Waals surface area contributed by atoms with Crippen molar-refractivity contribution in [1.29, 1.82) is 0 Å². The van der Waals surface area contributed by atoms with Crippen LogP contribution in [-0.4, -0.2) is 27.9 Å². The Kier molecular flexibility index (Phi) is 6.31. The average Bonchev–Trinajstić information content (AvgIpc) is 3.37. The van der Waals surface area contributed by atoms with Gasteiger partial charge in [0.15, 0.2) is 5.78 Å². The Labute approximate surface area is 203 Å². The van der Waals surface area contributed by atoms with Gasteiger partial charge in [-0.3, -0.25) is 14.2 Å². The predicted octanol–water partition coefficient (Wildman–Crippen LogP) is 5.13. The molecular weight excluding hydrogens is 446 g/mol. The topological polar surface area (TPSA) is 64.0 Å². The number of hydrogen-bond donors (Lipinski definition) is 1. The number of rotatable bonds is 6. The molecule has 172 valence electrons. The van der Waals surface area contributed by atoms with E-state index in [4.69, 9.17) is 16.6 Å². The molecule has 1 saturated heterocycles. The Morgan fingerprint density at radius 3 is 2.59 bits per heavy atom. The van der Waals surface area contributed by atoms with Crippen LogP contribution in [0.25, 0.3) is 10.9 Å². The number of ketones is 1. The minimum Gasteiger partial charge on any atom is -0.313 e. The standard InChI is InChI=1S/C28H26ClN3O2/c1-18-9-11-20(12-10-18)26(33)25(23-8-5-15-30-23)27-31-24-16-21(29)13-14-22(24)28(34)32(27)17-19-6-3-2-4-7-19/h2-4,6-7,9-14,16,23,25,30H,5,8,15,17H2,1H3. The van der Waals surface area contributed by atoms with Crippen molar-refractivity contribution in [2.45, 2.75) is 38.3 Å². The maximum absolute atomic E-state index is 13.9. The van der Waals surface area contributed by atoms with Gasteiger partial charge in [0.05, 0.1) is 23.4 Å². The summed E-state index contributed by atoms with van der Waals surface area (Å²) in [6.45, 7) is 3.17. The summed E-state index contributed by atoms with van der Waals surface area (Å²) in [5.41, 5.74) is 3.03. The van der Waals surface area contributed by atoms with Crippen molar-refractivity contribution in [3.05, 3.63) is 111 Å². The number of nitrogens with zero attached hydrogens (tertiary/aromatic N) is 2. The van der Waals surface area contributed by atoms with E-state index in [1.54, 1.807) is 22.8 Å². The van der Waals surface area contributed by atoms with Gasteiger partial charge >= 0.3 is 0 Å². The van der Waals surface area contributed by atoms with Gasteiger partial charge in [-0.05, 0) is 50.1 Å². The summed E-state index contributed by atoms with van der Waals surface area (Å²) >= 11 is 6.24. The maximum Gasteiger partial charge on any atom is 0.261 e. The van der Waals surface area contributed by atoms with E-state index < -0.39 is 5.92 Å². The molecule has 1 N–H and O–H groups in total. The molecule has 0 spiro atoms. The molecule has 5 nitrogen and oxygen atoms in total. The van der Waals surface area contributed by atoms with Gasteiger partial charge in [-0.25, -0.2) is 4.98 Å². The molecule has 0 amide bonds. The van der Waals surface area contributed by atoms with Crippen LogP contribution >= 0.6 is 11.6 Å². The Hall–Kier alpha value is -3.28. The van der Waals surface area contributed by atoms with Gasteiger partial charge < -0.3 is 5.32 Å². The highest BCUT2D eigenvalue weighted by molar-refractivity contribution is 6.31. The molecule has 3 aromatic carbocycles. The highest BCUT2D eigenvalue weighted by atomic mass is 35.5. The van der Waals surface area contributed by atoms with Crippen LogP contribution in [0.3, 0.4) is 0 Å². The van der Waals surface area contributed by atoms with Gasteiger partial charge in [0.25, 0.3) is 5.56 Å². The molecule has 2 atom stereocenters. The van der Waals surface area contributed by atoms with Gasteiger partial charge in [0.2, 0.25) is 0 Å². The third kappa shape index (κ3) is 4.41. The van der Waals surface area contributed by atoms with Gasteiger partial charge in [0, 0.05) is 16.6 Å². The van der Waals surface area contributed by atoms with Crippen LogP contribution in [0, 0.1) is 6.92 Å². The SMILES string of the molecule is Cc1ccc(C(=O)C(c2nc3cc(Cl)ccc3c(=O)n2Cc2ccccc2)C2CCCN2)cc1. The Balaban J connectivity index is 1.73. The van der Waals surface area contributed by atoms with Crippen molar-refractivity contribution in [3.63, 3.8) is 0 Å². The summed E-state index contributed by atoms with van der Waals surface area (Å²) in [5, 5.41) is 4.48. The van der Waals surface area contributed by atoms with Crippen molar-refractivity contribution in [3.8, 4) is 0 Å². The number of benzene rings is 3. The lowest BCUT2D eigenvalue weighted by atomic mass is 9.88. The minimum absolute atomic E-state index is 0.0329. The average molecular weight is 472 g/mol. The van der Waals surface area contributed by atoms with E-state index in [1.165, 1.54) is 0 Å². The predicted molar refractivity (Wildman–Crippen MR) is 136 cm³/mol. The van der Waals surface area contributed by atoms with E-state index in [9.17, 15) is 9.59 Å². The first-order valence-electron chi connectivity index (χ1n) is 11.6. The van der Waals surface area contributed by atoms with Crippen molar-refractivity contribution in [2.24, 2.45) is 0 Å². The van der Waals surface area contributed by atoms with Crippen molar-refractivity contribution in [1.82, 2.24) is 14.9 Å². The van der Waals surface area contributed by atoms with E-state index >= 15 is 0 Å². The lowest BCUT2D eigenvalue weighted by molar-refractivity contribution is 0.0936. The number of aryl methyl sites for hydroxylation is 1. The van der Waals surface area contributed by atoms with E-state index in [-0.39, 0.29) is 17.4 Å². The van der Waals surface area contributed by atoms with E-state index in [0.717, 1.165) is 30.5 Å². The summed E-state index contributed by atoms with van der Waals surface area (Å²) in [4.78, 5) is 32.6. The normalized spacial score (nSPS) is 16.6. The summed E-state index contributed by atoms with van der Waals surface area (Å²) in [6, 6.07) is 22.4. The molecule has 6 heteroatoms. The second-order valence-electron chi connectivity index (χ2n) is 8.92. The Morgan fingerprint density at radius 2 is 1.88 bits per heavy atom. The number of nitrogens with one attached hydrogen (secondary N) is 1. The fourth-order valence-corrected chi connectivity index (χ4v) is 4.91. The van der Waals surface area contributed by atoms with Crippen LogP contribution < -0.4 is 10.9 Å². The summed E-state index contributed by atoms with van der Waals surface area (Å²) in [5.74, 6) is -0.145. The third-order valence-electron chi connectivity index (χ3n) is 6.53. The second-order valence-corrected chi connectivity index (χ2v) is 9.36. The highest BCUT2D eigenvalue weighted by Crippen LogP contribution is 2.30. The molecule has 5 rings (SSSR count). The zero-order valence-corrected chi connectivity index (χ0v) is 19.8. The van der Waals surface area contributed by atoms with Crippen molar-refractivity contribution in [2.75, 3.05) is 6.54 Å². The number of halogens is 1. The summed E-state index contributed by atoms with van der Waals surface area (Å²) in [6.07, 6.45) is 1.82. The zero-order valence-electron chi connectivity index (χ0n) is 19.0. The van der Waals surface area contributed by atoms with Crippen LogP contribution in [0.5, 0.6) is 0 Å². The molecular formula is C28H26ClN3O2. The number of aromatic nitrogens is 2. The number of Topliss-reactive ketones (excluding diaryl/α,β-unsaturated/α-hetero) is 1. The zero-order chi connectivity index (χ0) is 23.7. The van der Waals surface area contributed by atoms with Crippen LogP contribution in [0.2, 0.25) is 5.02 Å². The van der Waals surface area contributed by atoms with Gasteiger partial charge in [-0.1, -0.05) is 71.8 Å². The van der Waals surface area contributed by atoms with Gasteiger partial charge in [0.1, 0.15) is 5.82 Å². The molecule has 1 fully saturated rings. The molecule has 2 unspecified atom stereocenters. The largest absolute Gasteiger partial charge is 0.313 e. The maximum atomic E-state index is 13.9. The highest BCUT2D eigenvalue weighted by Gasteiger charge is 2.36. The molecule has 1 aromatic heterocycles. The monoisotopic (exact) mass is 471 g/mol. The fraction of sp³-hybridized carbons (Fsp3) is 0.250. The fourth-order valence-electron chi connectivity index (χ4n) is 4.74. The Morgan fingerprint density at radius 1 is 1.12 bits per heavy atom. The van der Waals surface area contributed by atoms with E-state index in [2.05, 4.69) is 5.32 Å². The summed E-state index contributed by atoms with van der Waals surface area (Å²) in [7, 11) is 0. The molecule has 34 heavy (non-hydrogen) atoms. The quantitative estimate of drug-likeness (QED) is 0.396. The smallest absolute Gasteiger partial charge is 0.261 e. The van der Waals surface area contributed by atoms with E-state index in [0.29, 0.717) is 33.9 Å². The van der Waals surface area contributed by atoms with Gasteiger partial charge in [-0.15, -0.1) is 0 Å². The van der Waals surface area contributed by atoms with E-state index in [1.807, 2.05) is 61.5 Å². The molecule has 0 saturated carbocycles. The molecule has 4 aromatic rings. The van der Waals surface area contributed by atoms with Crippen LogP contribution in [-0.2, 0) is 6.54 Å². The van der Waals surface area contributed by atoms with Gasteiger partial charge in [-0.2, -0.15) is 0 Å². The summed E-state index contributed by atoms with van der Waals surface area (Å²) < 4.78 is 1.67.